The molecule has 0 saturated heterocycles. The Morgan fingerprint density at radius 1 is 1.14 bits per heavy atom. The van der Waals surface area contributed by atoms with Gasteiger partial charge in [-0.3, -0.25) is 15.4 Å². The summed E-state index contributed by atoms with van der Waals surface area (Å²) in [5.74, 6) is 0. The molecule has 2 rings (SSSR count). The highest BCUT2D eigenvalue weighted by Crippen LogP contribution is 2.04. The molecule has 22 heavy (non-hydrogen) atoms. The van der Waals surface area contributed by atoms with Crippen LogP contribution in [-0.4, -0.2) is 37.2 Å². The Morgan fingerprint density at radius 3 is 2.05 bits per heavy atom. The maximum Gasteiger partial charge on any atom is 0.184 e. The molecule has 0 aliphatic heterocycles. The van der Waals surface area contributed by atoms with E-state index >= 15 is 0 Å². The van der Waals surface area contributed by atoms with E-state index in [1.54, 1.807) is 26.2 Å². The van der Waals surface area contributed by atoms with Crippen LogP contribution in [0.1, 0.15) is 13.8 Å². The molecule has 0 radical (unpaired) electrons. The van der Waals surface area contributed by atoms with Gasteiger partial charge < -0.3 is 16.4 Å². The van der Waals surface area contributed by atoms with Crippen molar-refractivity contribution < 1.29 is 10.7 Å². The highest BCUT2D eigenvalue weighted by Gasteiger charge is 1.95. The number of para-hydroxylation sites is 2. The van der Waals surface area contributed by atoms with Crippen molar-refractivity contribution >= 4 is 39.8 Å². The normalized spacial score (nSPS) is 11.0. The van der Waals surface area contributed by atoms with Crippen LogP contribution in [0.5, 0.6) is 0 Å². The second kappa shape index (κ2) is 10.1. The Morgan fingerprint density at radius 2 is 1.64 bits per heavy atom. The minimum absolute atomic E-state index is 0. The van der Waals surface area contributed by atoms with Gasteiger partial charge in [-0.05, 0) is 38.2 Å². The topological polar surface area (TPSA) is 140 Å². The molecule has 8 nitrogen and oxygen atoms in total. The molecule has 1 aromatic carbocycles. The highest BCUT2D eigenvalue weighted by atomic mass is 32.1. The predicted molar refractivity (Wildman–Crippen MR) is 91.1 cm³/mol. The molecule has 0 unspecified atom stereocenters. The Hall–Kier alpha value is -2.65. The summed E-state index contributed by atoms with van der Waals surface area (Å²) < 4.78 is 0. The number of benzene rings is 1. The van der Waals surface area contributed by atoms with Gasteiger partial charge in [-0.1, -0.05) is 17.3 Å². The van der Waals surface area contributed by atoms with Crippen LogP contribution in [0.3, 0.4) is 0 Å². The van der Waals surface area contributed by atoms with Crippen molar-refractivity contribution in [1.82, 2.24) is 15.4 Å². The fourth-order valence-corrected chi connectivity index (χ4v) is 1.25. The molecule has 0 saturated carbocycles. The Bertz CT molecular complexity index is 609. The van der Waals surface area contributed by atoms with Crippen molar-refractivity contribution in [1.29, 1.82) is 0 Å². The number of hydrogen-bond acceptors (Lipinski definition) is 6. The van der Waals surface area contributed by atoms with Gasteiger partial charge in [0.25, 0.3) is 0 Å². The zero-order valence-electron chi connectivity index (χ0n) is 12.2. The second-order valence-electron chi connectivity index (χ2n) is 3.90. The summed E-state index contributed by atoms with van der Waals surface area (Å²) >= 11 is 4.49. The van der Waals surface area contributed by atoms with Crippen molar-refractivity contribution in [2.45, 2.75) is 13.8 Å². The number of fused-ring (bicyclic) bond motifs is 1. The molecule has 2 aromatic rings. The van der Waals surface area contributed by atoms with Crippen LogP contribution in [0.4, 0.5) is 0 Å². The zero-order chi connectivity index (χ0) is 15.7. The number of hydrogen-bond donors (Lipinski definition) is 3. The molecule has 0 spiro atoms. The van der Waals surface area contributed by atoms with Crippen molar-refractivity contribution in [3.05, 3.63) is 36.7 Å². The number of aromatic nitrogens is 2. The summed E-state index contributed by atoms with van der Waals surface area (Å²) in [7, 11) is 0. The van der Waals surface area contributed by atoms with Gasteiger partial charge in [0.05, 0.1) is 22.5 Å². The average molecular weight is 322 g/mol. The molecule has 1 heterocycles. The Kier molecular flexibility index (Phi) is 8.91. The molecular formula is C13H18N6O2S. The van der Waals surface area contributed by atoms with Crippen LogP contribution in [0.2, 0.25) is 0 Å². The van der Waals surface area contributed by atoms with Crippen LogP contribution < -0.4 is 11.2 Å². The number of rotatable bonds is 2. The van der Waals surface area contributed by atoms with Gasteiger partial charge in [0.1, 0.15) is 0 Å². The number of hydrazone groups is 1. The predicted octanol–water partition coefficient (Wildman–Crippen LogP) is 0.851. The third kappa shape index (κ3) is 6.68. The maximum absolute atomic E-state index is 8.29. The first-order chi connectivity index (χ1) is 10.0. The van der Waals surface area contributed by atoms with Crippen molar-refractivity contribution in [3.8, 4) is 0 Å². The molecule has 118 valence electrons. The van der Waals surface area contributed by atoms with E-state index in [0.717, 1.165) is 11.0 Å². The molecular weight excluding hydrogens is 304 g/mol. The lowest BCUT2D eigenvalue weighted by molar-refractivity contribution is 0.320. The Labute approximate surface area is 133 Å². The SMILES string of the molecule is CC(=N\O)/C(C)=N/NC(N)=S.O.c1ccc2nccnc2c1. The lowest BCUT2D eigenvalue weighted by atomic mass is 10.3. The standard InChI is InChI=1S/C8H6N2.C5H10N4OS.H2O/c1-2-4-8-7(3-1)9-5-6-10-8;1-3(4(2)9-10)7-8-5(6)11;/h1-6H;10H,1-2H3,(H3,6,8,11);1H2/b;7-3+,9-4+;. The molecule has 0 aliphatic rings. The van der Waals surface area contributed by atoms with Crippen LogP contribution >= 0.6 is 12.2 Å². The largest absolute Gasteiger partial charge is 0.412 e. The van der Waals surface area contributed by atoms with E-state index in [9.17, 15) is 0 Å². The number of nitrogens with one attached hydrogen (secondary N) is 1. The van der Waals surface area contributed by atoms with E-state index in [0.29, 0.717) is 11.4 Å². The van der Waals surface area contributed by atoms with E-state index in [1.807, 2.05) is 24.3 Å². The van der Waals surface area contributed by atoms with E-state index < -0.39 is 0 Å². The average Bonchev–Trinajstić information content (AvgIpc) is 2.52. The van der Waals surface area contributed by atoms with E-state index in [1.165, 1.54) is 0 Å². The molecule has 0 atom stereocenters. The van der Waals surface area contributed by atoms with Gasteiger partial charge in [-0.15, -0.1) is 0 Å². The fourth-order valence-electron chi connectivity index (χ4n) is 1.20. The van der Waals surface area contributed by atoms with Gasteiger partial charge >= 0.3 is 0 Å². The minimum atomic E-state index is 0. The van der Waals surface area contributed by atoms with Gasteiger partial charge in [-0.2, -0.15) is 5.10 Å². The minimum Gasteiger partial charge on any atom is -0.412 e. The quantitative estimate of drug-likeness (QED) is 0.324. The molecule has 0 amide bonds. The number of nitrogens with two attached hydrogens (primary N) is 1. The third-order valence-electron chi connectivity index (χ3n) is 2.38. The highest BCUT2D eigenvalue weighted by molar-refractivity contribution is 7.80. The summed E-state index contributed by atoms with van der Waals surface area (Å²) in [4.78, 5) is 8.24. The molecule has 0 bridgehead atoms. The van der Waals surface area contributed by atoms with E-state index in [4.69, 9.17) is 10.9 Å². The second-order valence-corrected chi connectivity index (χ2v) is 4.34. The summed E-state index contributed by atoms with van der Waals surface area (Å²) in [6.07, 6.45) is 3.39. The van der Waals surface area contributed by atoms with E-state index in [-0.39, 0.29) is 10.6 Å². The monoisotopic (exact) mass is 322 g/mol. The number of oxime groups is 1. The first-order valence-electron chi connectivity index (χ1n) is 5.99. The van der Waals surface area contributed by atoms with Gasteiger partial charge in [-0.25, -0.2) is 0 Å². The molecule has 1 aromatic heterocycles. The third-order valence-corrected chi connectivity index (χ3v) is 2.47. The van der Waals surface area contributed by atoms with Crippen molar-refractivity contribution in [3.63, 3.8) is 0 Å². The van der Waals surface area contributed by atoms with Crippen LogP contribution in [-0.2, 0) is 0 Å². The van der Waals surface area contributed by atoms with Crippen molar-refractivity contribution in [2.75, 3.05) is 0 Å². The lowest BCUT2D eigenvalue weighted by Crippen LogP contribution is -2.26. The number of thiocarbonyl (C=S) groups is 1. The lowest BCUT2D eigenvalue weighted by Gasteiger charge is -1.97. The van der Waals surface area contributed by atoms with Crippen LogP contribution in [0, 0.1) is 0 Å². The fraction of sp³-hybridized carbons (Fsp3) is 0.154. The summed E-state index contributed by atoms with van der Waals surface area (Å²) in [5, 5.41) is 15.0. The molecule has 0 aliphatic carbocycles. The van der Waals surface area contributed by atoms with Crippen LogP contribution in [0.15, 0.2) is 46.9 Å². The Balaban J connectivity index is 0.000000383. The summed E-state index contributed by atoms with van der Waals surface area (Å²) in [6, 6.07) is 7.80. The summed E-state index contributed by atoms with van der Waals surface area (Å²) in [5.41, 5.74) is 10.3. The van der Waals surface area contributed by atoms with Crippen LogP contribution in [0.25, 0.3) is 11.0 Å². The molecule has 9 heteroatoms. The first-order valence-corrected chi connectivity index (χ1v) is 6.40. The zero-order valence-corrected chi connectivity index (χ0v) is 13.0. The smallest absolute Gasteiger partial charge is 0.184 e. The maximum atomic E-state index is 8.29. The van der Waals surface area contributed by atoms with Crippen molar-refractivity contribution in [2.24, 2.45) is 16.0 Å². The van der Waals surface area contributed by atoms with Gasteiger partial charge in [0.15, 0.2) is 5.11 Å². The molecule has 0 fully saturated rings. The van der Waals surface area contributed by atoms with Gasteiger partial charge in [0, 0.05) is 12.4 Å². The summed E-state index contributed by atoms with van der Waals surface area (Å²) in [6.45, 7) is 3.28. The van der Waals surface area contributed by atoms with Gasteiger partial charge in [0.2, 0.25) is 0 Å². The number of nitrogens with zero attached hydrogens (tertiary/aromatic N) is 4. The first kappa shape index (κ1) is 19.4. The van der Waals surface area contributed by atoms with E-state index in [2.05, 4.69) is 37.9 Å². The molecule has 6 N–H and O–H groups in total.